The van der Waals surface area contributed by atoms with Crippen LogP contribution in [0.25, 0.3) is 0 Å². The van der Waals surface area contributed by atoms with Gasteiger partial charge < -0.3 is 15.7 Å². The van der Waals surface area contributed by atoms with Crippen LogP contribution in [0.15, 0.2) is 42.5 Å². The number of halogens is 1. The summed E-state index contributed by atoms with van der Waals surface area (Å²) in [7, 11) is 1.66. The van der Waals surface area contributed by atoms with Gasteiger partial charge in [-0.3, -0.25) is 4.79 Å². The lowest BCUT2D eigenvalue weighted by atomic mass is 10.1. The fourth-order valence-corrected chi connectivity index (χ4v) is 2.09. The smallest absolute Gasteiger partial charge is 0.255 e. The first-order valence-corrected chi connectivity index (χ1v) is 6.44. The Morgan fingerprint density at radius 1 is 1.30 bits per heavy atom. The highest BCUT2D eigenvalue weighted by molar-refractivity contribution is 6.31. The van der Waals surface area contributed by atoms with Crippen LogP contribution in [0.2, 0.25) is 5.02 Å². The third-order valence-electron chi connectivity index (χ3n) is 2.99. The number of nitrogens with two attached hydrogens (primary N) is 1. The maximum Gasteiger partial charge on any atom is 0.255 e. The molecule has 0 aliphatic heterocycles. The minimum Gasteiger partial charge on any atom is -0.508 e. The van der Waals surface area contributed by atoms with Gasteiger partial charge in [0.25, 0.3) is 5.91 Å². The number of hydrogen-bond donors (Lipinski definition) is 2. The van der Waals surface area contributed by atoms with E-state index in [0.29, 0.717) is 28.4 Å². The molecule has 0 aromatic heterocycles. The topological polar surface area (TPSA) is 66.6 Å². The molecule has 2 aromatic carbocycles. The third-order valence-corrected chi connectivity index (χ3v) is 3.22. The van der Waals surface area contributed by atoms with Crippen molar-refractivity contribution in [2.75, 3.05) is 12.8 Å². The van der Waals surface area contributed by atoms with Crippen LogP contribution in [0.3, 0.4) is 0 Å². The minimum atomic E-state index is -0.220. The first-order valence-electron chi connectivity index (χ1n) is 6.06. The highest BCUT2D eigenvalue weighted by atomic mass is 35.5. The molecule has 0 bridgehead atoms. The van der Waals surface area contributed by atoms with Crippen molar-refractivity contribution in [3.05, 3.63) is 58.6 Å². The molecule has 0 aliphatic rings. The normalized spacial score (nSPS) is 10.3. The van der Waals surface area contributed by atoms with Crippen LogP contribution in [0.5, 0.6) is 5.75 Å². The van der Waals surface area contributed by atoms with Crippen molar-refractivity contribution in [1.29, 1.82) is 0 Å². The number of carbonyl (C=O) groups excluding carboxylic acids is 1. The zero-order chi connectivity index (χ0) is 14.7. The standard InChI is InChI=1S/C15H15ClN2O2/c1-18(9-10-4-2-3-5-14(10)19)15(20)12-7-6-11(16)8-13(12)17/h2-8,19H,9,17H2,1H3. The van der Waals surface area contributed by atoms with E-state index in [1.807, 2.05) is 6.07 Å². The second-order valence-electron chi connectivity index (χ2n) is 4.52. The molecular formula is C15H15ClN2O2. The summed E-state index contributed by atoms with van der Waals surface area (Å²) < 4.78 is 0. The van der Waals surface area contributed by atoms with Gasteiger partial charge in [-0.05, 0) is 24.3 Å². The van der Waals surface area contributed by atoms with Crippen LogP contribution in [0.1, 0.15) is 15.9 Å². The molecule has 0 atom stereocenters. The molecule has 0 fully saturated rings. The molecule has 20 heavy (non-hydrogen) atoms. The van der Waals surface area contributed by atoms with Crippen LogP contribution in [-0.2, 0) is 6.54 Å². The van der Waals surface area contributed by atoms with Gasteiger partial charge in [-0.2, -0.15) is 0 Å². The monoisotopic (exact) mass is 290 g/mol. The SMILES string of the molecule is CN(Cc1ccccc1O)C(=O)c1ccc(Cl)cc1N. The molecule has 4 nitrogen and oxygen atoms in total. The van der Waals surface area contributed by atoms with E-state index in [4.69, 9.17) is 17.3 Å². The molecule has 2 rings (SSSR count). The summed E-state index contributed by atoms with van der Waals surface area (Å²) in [6, 6.07) is 11.7. The van der Waals surface area contributed by atoms with Gasteiger partial charge in [0.1, 0.15) is 5.75 Å². The summed E-state index contributed by atoms with van der Waals surface area (Å²) in [4.78, 5) is 13.8. The van der Waals surface area contributed by atoms with E-state index >= 15 is 0 Å². The Kier molecular flexibility index (Phi) is 4.15. The average molecular weight is 291 g/mol. The number of phenolic OH excluding ortho intramolecular Hbond substituents is 1. The summed E-state index contributed by atoms with van der Waals surface area (Å²) in [5, 5.41) is 10.2. The number of anilines is 1. The molecule has 0 aliphatic carbocycles. The van der Waals surface area contributed by atoms with Gasteiger partial charge in [0.15, 0.2) is 0 Å². The summed E-state index contributed by atoms with van der Waals surface area (Å²) in [5.41, 5.74) is 7.21. The highest BCUT2D eigenvalue weighted by Crippen LogP contribution is 2.22. The van der Waals surface area contributed by atoms with Gasteiger partial charge in [0.05, 0.1) is 5.56 Å². The van der Waals surface area contributed by atoms with Crippen molar-refractivity contribution in [2.24, 2.45) is 0 Å². The van der Waals surface area contributed by atoms with E-state index in [1.54, 1.807) is 43.4 Å². The number of carbonyl (C=O) groups is 1. The molecule has 5 heteroatoms. The maximum absolute atomic E-state index is 12.3. The van der Waals surface area contributed by atoms with Gasteiger partial charge in [0.2, 0.25) is 0 Å². The Labute approximate surface area is 122 Å². The molecule has 2 aromatic rings. The fourth-order valence-electron chi connectivity index (χ4n) is 1.91. The van der Waals surface area contributed by atoms with Gasteiger partial charge in [0, 0.05) is 29.9 Å². The van der Waals surface area contributed by atoms with Gasteiger partial charge in [-0.15, -0.1) is 0 Å². The number of para-hydroxylation sites is 1. The Balaban J connectivity index is 2.19. The van der Waals surface area contributed by atoms with Gasteiger partial charge in [-0.25, -0.2) is 0 Å². The van der Waals surface area contributed by atoms with Crippen LogP contribution in [-0.4, -0.2) is 23.0 Å². The van der Waals surface area contributed by atoms with Crippen molar-refractivity contribution in [1.82, 2.24) is 4.90 Å². The molecule has 104 valence electrons. The maximum atomic E-state index is 12.3. The van der Waals surface area contributed by atoms with E-state index in [2.05, 4.69) is 0 Å². The molecule has 0 unspecified atom stereocenters. The summed E-state index contributed by atoms with van der Waals surface area (Å²) in [5.74, 6) is -0.0568. The number of benzene rings is 2. The second-order valence-corrected chi connectivity index (χ2v) is 4.96. The number of aromatic hydroxyl groups is 1. The number of amides is 1. The van der Waals surface area contributed by atoms with E-state index in [9.17, 15) is 9.90 Å². The van der Waals surface area contributed by atoms with Gasteiger partial charge in [-0.1, -0.05) is 29.8 Å². The predicted molar refractivity (Wildman–Crippen MR) is 79.8 cm³/mol. The third kappa shape index (κ3) is 3.03. The predicted octanol–water partition coefficient (Wildman–Crippen LogP) is 2.90. The fraction of sp³-hybridized carbons (Fsp3) is 0.133. The number of rotatable bonds is 3. The first kappa shape index (κ1) is 14.2. The Morgan fingerprint density at radius 2 is 2.00 bits per heavy atom. The van der Waals surface area contributed by atoms with Crippen LogP contribution in [0, 0.1) is 0 Å². The molecular weight excluding hydrogens is 276 g/mol. The van der Waals surface area contributed by atoms with E-state index in [-0.39, 0.29) is 11.7 Å². The molecule has 3 N–H and O–H groups in total. The van der Waals surface area contributed by atoms with Crippen LogP contribution < -0.4 is 5.73 Å². The van der Waals surface area contributed by atoms with Crippen molar-refractivity contribution < 1.29 is 9.90 Å². The molecule has 1 amide bonds. The number of nitrogens with zero attached hydrogens (tertiary/aromatic N) is 1. The van der Waals surface area contributed by atoms with Crippen molar-refractivity contribution in [3.63, 3.8) is 0 Å². The van der Waals surface area contributed by atoms with Crippen molar-refractivity contribution in [2.45, 2.75) is 6.54 Å². The van der Waals surface area contributed by atoms with Crippen LogP contribution in [0.4, 0.5) is 5.69 Å². The molecule has 0 saturated heterocycles. The first-order chi connectivity index (χ1) is 9.49. The largest absolute Gasteiger partial charge is 0.508 e. The summed E-state index contributed by atoms with van der Waals surface area (Å²) >= 11 is 5.81. The lowest BCUT2D eigenvalue weighted by Crippen LogP contribution is -2.27. The average Bonchev–Trinajstić information content (AvgIpc) is 2.40. The zero-order valence-corrected chi connectivity index (χ0v) is 11.8. The molecule has 0 radical (unpaired) electrons. The minimum absolute atomic E-state index is 0.163. The summed E-state index contributed by atoms with van der Waals surface area (Å²) in [6.45, 7) is 0.299. The lowest BCUT2D eigenvalue weighted by Gasteiger charge is -2.19. The van der Waals surface area contributed by atoms with Crippen molar-refractivity contribution in [3.8, 4) is 5.75 Å². The summed E-state index contributed by atoms with van der Waals surface area (Å²) in [6.07, 6.45) is 0. The Bertz CT molecular complexity index is 644. The van der Waals surface area contributed by atoms with E-state index in [1.165, 1.54) is 4.90 Å². The van der Waals surface area contributed by atoms with Gasteiger partial charge >= 0.3 is 0 Å². The Hall–Kier alpha value is -2.20. The molecule has 0 saturated carbocycles. The number of phenols is 1. The Morgan fingerprint density at radius 3 is 2.65 bits per heavy atom. The number of hydrogen-bond acceptors (Lipinski definition) is 3. The molecule has 0 heterocycles. The second kappa shape index (κ2) is 5.84. The molecule has 0 spiro atoms. The zero-order valence-electron chi connectivity index (χ0n) is 11.0. The number of nitrogen functional groups attached to an aromatic ring is 1. The van der Waals surface area contributed by atoms with E-state index < -0.39 is 0 Å². The van der Waals surface area contributed by atoms with Crippen LogP contribution >= 0.6 is 11.6 Å². The quantitative estimate of drug-likeness (QED) is 0.854. The highest BCUT2D eigenvalue weighted by Gasteiger charge is 2.16. The lowest BCUT2D eigenvalue weighted by molar-refractivity contribution is 0.0785. The van der Waals surface area contributed by atoms with E-state index in [0.717, 1.165) is 0 Å². The van der Waals surface area contributed by atoms with Crippen molar-refractivity contribution >= 4 is 23.2 Å².